The lowest BCUT2D eigenvalue weighted by Gasteiger charge is -2.28. The molecule has 0 aromatic heterocycles. The minimum absolute atomic E-state index is 0.0110. The molecule has 0 radical (unpaired) electrons. The number of nitrogens with one attached hydrogen (secondary N) is 3. The van der Waals surface area contributed by atoms with Crippen molar-refractivity contribution in [2.45, 2.75) is 61.4 Å². The maximum atomic E-state index is 12.0. The minimum Gasteiger partial charge on any atom is -0.359 e. The Balaban J connectivity index is 2.50. The first kappa shape index (κ1) is 23.0. The summed E-state index contributed by atoms with van der Waals surface area (Å²) in [6, 6.07) is -0.286. The van der Waals surface area contributed by atoms with E-state index in [4.69, 9.17) is 47.0 Å². The van der Waals surface area contributed by atoms with Gasteiger partial charge in [-0.25, -0.2) is 8.42 Å². The van der Waals surface area contributed by atoms with Crippen LogP contribution in [-0.4, -0.2) is 46.9 Å². The van der Waals surface area contributed by atoms with E-state index in [1.54, 1.807) is 0 Å². The van der Waals surface area contributed by atoms with E-state index >= 15 is 0 Å². The van der Waals surface area contributed by atoms with Crippen molar-refractivity contribution in [1.29, 1.82) is 0 Å². The highest BCUT2D eigenvalue weighted by atomic mass is 35.6. The van der Waals surface area contributed by atoms with E-state index in [9.17, 15) is 13.2 Å². The van der Waals surface area contributed by atoms with Gasteiger partial charge < -0.3 is 16.0 Å². The van der Waals surface area contributed by atoms with Crippen molar-refractivity contribution in [2.24, 2.45) is 0 Å². The minimum atomic E-state index is -3.03. The van der Waals surface area contributed by atoms with E-state index < -0.39 is 19.8 Å². The van der Waals surface area contributed by atoms with Gasteiger partial charge in [-0.15, -0.1) is 0 Å². The molecular formula is C14H24Cl3N3O3S2. The number of hydrogen-bond acceptors (Lipinski definition) is 4. The largest absolute Gasteiger partial charge is 0.359 e. The monoisotopic (exact) mass is 451 g/mol. The highest BCUT2D eigenvalue weighted by Gasteiger charge is 2.35. The molecule has 0 spiro atoms. The molecule has 0 bridgehead atoms. The topological polar surface area (TPSA) is 87.3 Å². The van der Waals surface area contributed by atoms with Crippen molar-refractivity contribution in [2.75, 3.05) is 11.5 Å². The highest BCUT2D eigenvalue weighted by molar-refractivity contribution is 7.91. The summed E-state index contributed by atoms with van der Waals surface area (Å²) in [5, 5.41) is 8.37. The predicted molar refractivity (Wildman–Crippen MR) is 107 cm³/mol. The van der Waals surface area contributed by atoms with Gasteiger partial charge in [-0.1, -0.05) is 61.0 Å². The Bertz CT molecular complexity index is 567. The van der Waals surface area contributed by atoms with Crippen LogP contribution in [-0.2, 0) is 14.6 Å². The van der Waals surface area contributed by atoms with Crippen LogP contribution in [0.2, 0.25) is 0 Å². The molecule has 2 atom stereocenters. The molecule has 1 amide bonds. The highest BCUT2D eigenvalue weighted by Crippen LogP contribution is 2.29. The first-order valence-electron chi connectivity index (χ1n) is 8.17. The van der Waals surface area contributed by atoms with Crippen LogP contribution in [0.4, 0.5) is 0 Å². The van der Waals surface area contributed by atoms with Crippen LogP contribution in [0, 0.1) is 0 Å². The molecule has 6 nitrogen and oxygen atoms in total. The van der Waals surface area contributed by atoms with Crippen molar-refractivity contribution >= 4 is 67.9 Å². The number of sulfone groups is 1. The van der Waals surface area contributed by atoms with Crippen molar-refractivity contribution in [3.63, 3.8) is 0 Å². The number of carbonyl (C=O) groups excluding carboxylic acids is 1. The molecule has 0 aromatic rings. The fourth-order valence-corrected chi connectivity index (χ4v) is 4.70. The molecule has 1 aliphatic rings. The first-order valence-corrected chi connectivity index (χ1v) is 11.5. The number of unbranched alkanes of at least 4 members (excludes halogenated alkanes) is 3. The molecule has 1 saturated heterocycles. The second kappa shape index (κ2) is 10.3. The Labute approximate surface area is 169 Å². The standard InChI is InChI=1S/C14H24Cl3N3O3S2/c1-2-3-4-5-6-11(21)19-12(14(15,16)17)20-13(24)18-10-7-8-25(22,23)9-10/h10,12H,2-9H2,1H3,(H,19,21)(H2,18,20,24)/t10-,12+/m1/s1. The van der Waals surface area contributed by atoms with Crippen molar-refractivity contribution in [1.82, 2.24) is 16.0 Å². The van der Waals surface area contributed by atoms with Crippen LogP contribution < -0.4 is 16.0 Å². The molecule has 0 aromatic carbocycles. The second-order valence-corrected chi connectivity index (χ2v) is 11.1. The van der Waals surface area contributed by atoms with Gasteiger partial charge in [0.1, 0.15) is 6.17 Å². The zero-order valence-electron chi connectivity index (χ0n) is 14.0. The van der Waals surface area contributed by atoms with Gasteiger partial charge in [0.05, 0.1) is 11.5 Å². The quantitative estimate of drug-likeness (QED) is 0.227. The summed E-state index contributed by atoms with van der Waals surface area (Å²) < 4.78 is 21.1. The van der Waals surface area contributed by atoms with Gasteiger partial charge >= 0.3 is 0 Å². The van der Waals surface area contributed by atoms with Crippen LogP contribution in [0.15, 0.2) is 0 Å². The molecule has 3 N–H and O–H groups in total. The summed E-state index contributed by atoms with van der Waals surface area (Å²) in [6.45, 7) is 2.09. The summed E-state index contributed by atoms with van der Waals surface area (Å²) in [5.41, 5.74) is 0. The van der Waals surface area contributed by atoms with Gasteiger partial charge in [-0.3, -0.25) is 4.79 Å². The fraction of sp³-hybridized carbons (Fsp3) is 0.857. The molecular weight excluding hydrogens is 429 g/mol. The molecule has 146 valence electrons. The van der Waals surface area contributed by atoms with Crippen molar-refractivity contribution in [3.8, 4) is 0 Å². The van der Waals surface area contributed by atoms with E-state index in [0.717, 1.165) is 25.7 Å². The van der Waals surface area contributed by atoms with Gasteiger partial charge in [0.15, 0.2) is 14.9 Å². The van der Waals surface area contributed by atoms with Crippen LogP contribution >= 0.6 is 47.0 Å². The second-order valence-electron chi connectivity index (χ2n) is 6.07. The Kier molecular flexibility index (Phi) is 9.53. The van der Waals surface area contributed by atoms with E-state index in [2.05, 4.69) is 22.9 Å². The molecule has 1 rings (SSSR count). The average Bonchev–Trinajstić information content (AvgIpc) is 2.80. The normalized spacial score (nSPS) is 20.7. The summed E-state index contributed by atoms with van der Waals surface area (Å²) in [4.78, 5) is 12.0. The number of alkyl halides is 3. The Hall–Kier alpha value is -0.0200. The first-order chi connectivity index (χ1) is 11.5. The van der Waals surface area contributed by atoms with Crippen LogP contribution in [0.3, 0.4) is 0 Å². The fourth-order valence-electron chi connectivity index (χ4n) is 2.41. The predicted octanol–water partition coefficient (Wildman–Crippen LogP) is 2.42. The number of amides is 1. The Morgan fingerprint density at radius 1 is 1.24 bits per heavy atom. The molecule has 25 heavy (non-hydrogen) atoms. The molecule has 11 heteroatoms. The van der Waals surface area contributed by atoms with Crippen LogP contribution in [0.25, 0.3) is 0 Å². The zero-order chi connectivity index (χ0) is 19.1. The number of hydrogen-bond donors (Lipinski definition) is 3. The third kappa shape index (κ3) is 9.47. The van der Waals surface area contributed by atoms with E-state index in [-0.39, 0.29) is 28.6 Å². The Morgan fingerprint density at radius 2 is 1.92 bits per heavy atom. The summed E-state index contributed by atoms with van der Waals surface area (Å²) in [5.74, 6) is -0.113. The molecule has 0 aliphatic carbocycles. The SMILES string of the molecule is CCCCCCC(=O)N[C@@H](NC(=S)N[C@@H]1CCS(=O)(=O)C1)C(Cl)(Cl)Cl. The lowest BCUT2D eigenvalue weighted by atomic mass is 10.1. The van der Waals surface area contributed by atoms with E-state index in [0.29, 0.717) is 12.8 Å². The zero-order valence-corrected chi connectivity index (χ0v) is 17.9. The smallest absolute Gasteiger partial charge is 0.228 e. The van der Waals surface area contributed by atoms with Crippen molar-refractivity contribution in [3.05, 3.63) is 0 Å². The van der Waals surface area contributed by atoms with E-state index in [1.807, 2.05) is 0 Å². The van der Waals surface area contributed by atoms with Gasteiger partial charge in [0, 0.05) is 12.5 Å². The van der Waals surface area contributed by atoms with E-state index in [1.165, 1.54) is 0 Å². The number of thiocarbonyl (C=S) groups is 1. The summed E-state index contributed by atoms with van der Waals surface area (Å²) in [7, 11) is -3.03. The number of rotatable bonds is 8. The molecule has 1 heterocycles. The number of carbonyl (C=O) groups is 1. The number of halogens is 3. The van der Waals surface area contributed by atoms with Crippen molar-refractivity contribution < 1.29 is 13.2 Å². The summed E-state index contributed by atoms with van der Waals surface area (Å²) >= 11 is 22.9. The molecule has 0 saturated carbocycles. The van der Waals surface area contributed by atoms with Gasteiger partial charge in [-0.05, 0) is 25.1 Å². The maximum Gasteiger partial charge on any atom is 0.228 e. The lowest BCUT2D eigenvalue weighted by molar-refractivity contribution is -0.122. The summed E-state index contributed by atoms with van der Waals surface area (Å²) in [6.07, 6.45) is 3.65. The average molecular weight is 453 g/mol. The van der Waals surface area contributed by atoms with Crippen LogP contribution in [0.1, 0.15) is 45.4 Å². The molecule has 1 aliphatic heterocycles. The Morgan fingerprint density at radius 3 is 2.44 bits per heavy atom. The third-order valence-corrected chi connectivity index (χ3v) is 6.39. The maximum absolute atomic E-state index is 12.0. The molecule has 1 fully saturated rings. The third-order valence-electron chi connectivity index (χ3n) is 3.73. The van der Waals surface area contributed by atoms with Gasteiger partial charge in [-0.2, -0.15) is 0 Å². The van der Waals surface area contributed by atoms with Gasteiger partial charge in [0.25, 0.3) is 0 Å². The molecule has 0 unspecified atom stereocenters. The van der Waals surface area contributed by atoms with Gasteiger partial charge in [0.2, 0.25) is 9.70 Å². The lowest BCUT2D eigenvalue weighted by Crippen LogP contribution is -2.58. The van der Waals surface area contributed by atoms with Crippen LogP contribution in [0.5, 0.6) is 0 Å².